The Hall–Kier alpha value is -5.80. The third-order valence-electron chi connectivity index (χ3n) is 11.9. The first-order chi connectivity index (χ1) is 25.8. The summed E-state index contributed by atoms with van der Waals surface area (Å²) in [7, 11) is 0. The number of furan rings is 2. The summed E-state index contributed by atoms with van der Waals surface area (Å²) in [5.74, 6) is 0. The van der Waals surface area contributed by atoms with Crippen LogP contribution in [0.5, 0.6) is 0 Å². The highest BCUT2D eigenvalue weighted by Gasteiger charge is 2.36. The van der Waals surface area contributed by atoms with Crippen molar-refractivity contribution in [1.82, 2.24) is 0 Å². The third-order valence-corrected chi connectivity index (χ3v) is 11.9. The van der Waals surface area contributed by atoms with Crippen LogP contribution in [0.3, 0.4) is 0 Å². The molecule has 0 radical (unpaired) electrons. The van der Waals surface area contributed by atoms with E-state index in [-0.39, 0.29) is 16.2 Å². The van der Waals surface area contributed by atoms with Crippen molar-refractivity contribution in [2.24, 2.45) is 0 Å². The van der Waals surface area contributed by atoms with Gasteiger partial charge in [0.1, 0.15) is 22.3 Å². The van der Waals surface area contributed by atoms with Gasteiger partial charge in [0.2, 0.25) is 0 Å². The van der Waals surface area contributed by atoms with Gasteiger partial charge >= 0.3 is 0 Å². The number of fused-ring (bicyclic) bond motifs is 11. The first-order valence-corrected chi connectivity index (χ1v) is 19.2. The van der Waals surface area contributed by atoms with Gasteiger partial charge < -0.3 is 13.7 Å². The number of benzene rings is 7. The summed E-state index contributed by atoms with van der Waals surface area (Å²) >= 11 is 0. The van der Waals surface area contributed by atoms with Gasteiger partial charge in [-0.25, -0.2) is 0 Å². The number of hydrogen-bond donors (Lipinski definition) is 0. The molecular weight excluding hydrogens is 659 g/mol. The van der Waals surface area contributed by atoms with Crippen LogP contribution in [0.2, 0.25) is 0 Å². The Balaban J connectivity index is 1.33. The molecule has 0 atom stereocenters. The molecule has 0 N–H and O–H groups in total. The second-order valence-electron chi connectivity index (χ2n) is 17.8. The van der Waals surface area contributed by atoms with Crippen molar-refractivity contribution in [2.75, 3.05) is 4.90 Å². The molecular formula is C51H45NO2. The fourth-order valence-electron chi connectivity index (χ4n) is 9.05. The van der Waals surface area contributed by atoms with Crippen LogP contribution in [-0.4, -0.2) is 0 Å². The zero-order chi connectivity index (χ0) is 37.3. The zero-order valence-electron chi connectivity index (χ0n) is 32.4. The molecule has 0 unspecified atom stereocenters. The largest absolute Gasteiger partial charge is 0.456 e. The minimum atomic E-state index is -0.154. The topological polar surface area (TPSA) is 29.5 Å². The minimum absolute atomic E-state index is 0.0446. The lowest BCUT2D eigenvalue weighted by atomic mass is 9.79. The van der Waals surface area contributed by atoms with Crippen molar-refractivity contribution in [2.45, 2.75) is 71.6 Å². The highest BCUT2D eigenvalue weighted by Crippen LogP contribution is 2.53. The van der Waals surface area contributed by atoms with E-state index in [1.807, 2.05) is 0 Å². The highest BCUT2D eigenvalue weighted by atomic mass is 16.3. The molecule has 54 heavy (non-hydrogen) atoms. The predicted octanol–water partition coefficient (Wildman–Crippen LogP) is 15.0. The predicted molar refractivity (Wildman–Crippen MR) is 228 cm³/mol. The van der Waals surface area contributed by atoms with Crippen LogP contribution in [0.25, 0.3) is 65.8 Å². The Labute approximate surface area is 316 Å². The zero-order valence-corrected chi connectivity index (χ0v) is 32.4. The summed E-state index contributed by atoms with van der Waals surface area (Å²) in [4.78, 5) is 2.46. The molecule has 0 fully saturated rings. The van der Waals surface area contributed by atoms with Crippen LogP contribution in [0.4, 0.5) is 17.1 Å². The molecule has 266 valence electrons. The molecule has 3 nitrogen and oxygen atoms in total. The van der Waals surface area contributed by atoms with Crippen molar-refractivity contribution in [3.8, 4) is 11.1 Å². The lowest BCUT2D eigenvalue weighted by Crippen LogP contribution is -2.17. The molecule has 1 aliphatic rings. The Morgan fingerprint density at radius 2 is 1.15 bits per heavy atom. The molecule has 7 aromatic carbocycles. The van der Waals surface area contributed by atoms with E-state index in [2.05, 4.69) is 188 Å². The summed E-state index contributed by atoms with van der Waals surface area (Å²) < 4.78 is 13.7. The number of hydrogen-bond acceptors (Lipinski definition) is 3. The molecule has 3 heteroatoms. The normalized spacial score (nSPS) is 14.1. The van der Waals surface area contributed by atoms with E-state index in [0.717, 1.165) is 66.3 Å². The molecule has 0 saturated heterocycles. The van der Waals surface area contributed by atoms with Gasteiger partial charge in [-0.2, -0.15) is 0 Å². The standard InChI is InChI=1S/C51H45NO2/c1-49(2,3)31-27-37-46-42(20-14-22-44(46)54-48(37)40(28-31)50(4,5)6)52(32-24-26-35-34-17-11-12-18-38(34)51(7,8)39(35)29-32)41-19-13-21-43-45(41)36-25-23-30-15-9-10-16-33(30)47(36)53-43/h9-29H,1-8H3. The van der Waals surface area contributed by atoms with Crippen LogP contribution in [0.1, 0.15) is 77.6 Å². The molecule has 9 aromatic rings. The maximum Gasteiger partial charge on any atom is 0.143 e. The monoisotopic (exact) mass is 703 g/mol. The fourth-order valence-corrected chi connectivity index (χ4v) is 9.05. The number of anilines is 3. The molecule has 10 rings (SSSR count). The van der Waals surface area contributed by atoms with Gasteiger partial charge in [-0.05, 0) is 92.6 Å². The third kappa shape index (κ3) is 4.67. The average Bonchev–Trinajstić information content (AvgIpc) is 3.79. The lowest BCUT2D eigenvalue weighted by molar-refractivity contribution is 0.559. The minimum Gasteiger partial charge on any atom is -0.456 e. The van der Waals surface area contributed by atoms with Crippen molar-refractivity contribution in [3.63, 3.8) is 0 Å². The van der Waals surface area contributed by atoms with Gasteiger partial charge in [0.15, 0.2) is 0 Å². The summed E-state index contributed by atoms with van der Waals surface area (Å²) in [5.41, 5.74) is 14.4. The molecule has 1 aliphatic carbocycles. The Morgan fingerprint density at radius 1 is 0.500 bits per heavy atom. The molecule has 2 aromatic heterocycles. The number of nitrogens with zero attached hydrogens (tertiary/aromatic N) is 1. The average molecular weight is 704 g/mol. The Bertz CT molecular complexity index is 2990. The van der Waals surface area contributed by atoms with Gasteiger partial charge in [-0.3, -0.25) is 0 Å². The van der Waals surface area contributed by atoms with E-state index in [1.54, 1.807) is 0 Å². The first kappa shape index (κ1) is 32.8. The van der Waals surface area contributed by atoms with E-state index in [4.69, 9.17) is 8.83 Å². The van der Waals surface area contributed by atoms with E-state index < -0.39 is 0 Å². The SMILES string of the molecule is CC(C)(C)c1cc(C(C)(C)C)c2oc3cccc(N(c4ccc5c(c4)C(C)(C)c4ccccc4-5)c4cccc5oc6c7ccccc7ccc6c45)c3c2c1. The molecule has 0 aliphatic heterocycles. The van der Waals surface area contributed by atoms with Crippen LogP contribution in [0.15, 0.2) is 136 Å². The molecule has 0 saturated carbocycles. The molecule has 0 amide bonds. The first-order valence-electron chi connectivity index (χ1n) is 19.2. The Kier molecular flexibility index (Phi) is 6.76. The van der Waals surface area contributed by atoms with Crippen molar-refractivity contribution in [3.05, 3.63) is 150 Å². The molecule has 0 spiro atoms. The maximum absolute atomic E-state index is 6.94. The van der Waals surface area contributed by atoms with E-state index in [9.17, 15) is 0 Å². The molecule has 0 bridgehead atoms. The van der Waals surface area contributed by atoms with Crippen LogP contribution in [-0.2, 0) is 16.2 Å². The van der Waals surface area contributed by atoms with E-state index in [1.165, 1.54) is 38.8 Å². The van der Waals surface area contributed by atoms with Gasteiger partial charge in [0.05, 0.1) is 22.1 Å². The van der Waals surface area contributed by atoms with Crippen LogP contribution in [0, 0.1) is 0 Å². The summed E-state index contributed by atoms with van der Waals surface area (Å²) in [6.45, 7) is 18.5. The lowest BCUT2D eigenvalue weighted by Gasteiger charge is -2.29. The van der Waals surface area contributed by atoms with Crippen molar-refractivity contribution < 1.29 is 8.83 Å². The summed E-state index contributed by atoms with van der Waals surface area (Å²) in [6, 6.07) is 46.6. The maximum atomic E-state index is 6.94. The van der Waals surface area contributed by atoms with Crippen molar-refractivity contribution in [1.29, 1.82) is 0 Å². The summed E-state index contributed by atoms with van der Waals surface area (Å²) in [5, 5.41) is 6.74. The van der Waals surface area contributed by atoms with Gasteiger partial charge in [0.25, 0.3) is 0 Å². The van der Waals surface area contributed by atoms with Crippen LogP contribution < -0.4 is 4.90 Å². The number of rotatable bonds is 3. The van der Waals surface area contributed by atoms with Crippen LogP contribution >= 0.6 is 0 Å². The van der Waals surface area contributed by atoms with E-state index >= 15 is 0 Å². The Morgan fingerprint density at radius 3 is 1.87 bits per heavy atom. The van der Waals surface area contributed by atoms with Gasteiger partial charge in [-0.15, -0.1) is 0 Å². The fraction of sp³-hybridized carbons (Fsp3) is 0.216. The summed E-state index contributed by atoms with van der Waals surface area (Å²) in [6.07, 6.45) is 0. The second kappa shape index (κ2) is 11.1. The smallest absolute Gasteiger partial charge is 0.143 e. The van der Waals surface area contributed by atoms with Crippen molar-refractivity contribution >= 4 is 71.7 Å². The van der Waals surface area contributed by atoms with Gasteiger partial charge in [0, 0.05) is 32.8 Å². The van der Waals surface area contributed by atoms with E-state index in [0.29, 0.717) is 0 Å². The van der Waals surface area contributed by atoms with Gasteiger partial charge in [-0.1, -0.05) is 134 Å². The molecule has 2 heterocycles. The second-order valence-corrected chi connectivity index (χ2v) is 17.8. The highest BCUT2D eigenvalue weighted by molar-refractivity contribution is 6.21. The quantitative estimate of drug-likeness (QED) is 0.183.